The molecule has 0 aliphatic carbocycles. The third kappa shape index (κ3) is 1.68. The Morgan fingerprint density at radius 1 is 1.70 bits per heavy atom. The summed E-state index contributed by atoms with van der Waals surface area (Å²) in [4.78, 5) is 2.28. The van der Waals surface area contributed by atoms with Gasteiger partial charge in [-0.1, -0.05) is 0 Å². The molecule has 1 aliphatic rings. The topological polar surface area (TPSA) is 38.5 Å². The van der Waals surface area contributed by atoms with E-state index in [2.05, 4.69) is 18.9 Å². The SMILES string of the molecule is C[C@H]1CO[C@@H](CN)CN1C. The summed E-state index contributed by atoms with van der Waals surface area (Å²) < 4.78 is 5.44. The minimum atomic E-state index is 0.251. The fraction of sp³-hybridized carbons (Fsp3) is 1.00. The van der Waals surface area contributed by atoms with Gasteiger partial charge in [-0.3, -0.25) is 4.90 Å². The summed E-state index contributed by atoms with van der Waals surface area (Å²) in [5.41, 5.74) is 5.46. The van der Waals surface area contributed by atoms with Gasteiger partial charge in [-0.05, 0) is 14.0 Å². The number of hydrogen-bond donors (Lipinski definition) is 1. The molecule has 3 nitrogen and oxygen atoms in total. The summed E-state index contributed by atoms with van der Waals surface area (Å²) >= 11 is 0. The van der Waals surface area contributed by atoms with E-state index in [0.717, 1.165) is 13.2 Å². The van der Waals surface area contributed by atoms with E-state index >= 15 is 0 Å². The Kier molecular flexibility index (Phi) is 2.65. The smallest absolute Gasteiger partial charge is 0.0824 e. The third-order valence-electron chi connectivity index (χ3n) is 2.08. The maximum Gasteiger partial charge on any atom is 0.0824 e. The van der Waals surface area contributed by atoms with Crippen LogP contribution in [0.1, 0.15) is 6.92 Å². The van der Waals surface area contributed by atoms with Crippen LogP contribution in [0.25, 0.3) is 0 Å². The third-order valence-corrected chi connectivity index (χ3v) is 2.08. The maximum absolute atomic E-state index is 5.46. The molecule has 0 unspecified atom stereocenters. The number of likely N-dealkylation sites (N-methyl/N-ethyl adjacent to an activating group) is 1. The summed E-state index contributed by atoms with van der Waals surface area (Å²) in [6.07, 6.45) is 0.251. The van der Waals surface area contributed by atoms with Crippen molar-refractivity contribution in [1.29, 1.82) is 0 Å². The second-order valence-corrected chi connectivity index (χ2v) is 2.98. The first-order valence-corrected chi connectivity index (χ1v) is 3.76. The molecule has 0 saturated carbocycles. The molecule has 2 N–H and O–H groups in total. The molecule has 0 bridgehead atoms. The van der Waals surface area contributed by atoms with Gasteiger partial charge in [-0.15, -0.1) is 0 Å². The summed E-state index contributed by atoms with van der Waals surface area (Å²) in [6, 6.07) is 0.544. The van der Waals surface area contributed by atoms with Crippen LogP contribution >= 0.6 is 0 Å². The van der Waals surface area contributed by atoms with Crippen molar-refractivity contribution in [2.75, 3.05) is 26.7 Å². The molecule has 3 heteroatoms. The molecule has 0 aromatic carbocycles. The van der Waals surface area contributed by atoms with Crippen molar-refractivity contribution < 1.29 is 4.74 Å². The minimum absolute atomic E-state index is 0.251. The van der Waals surface area contributed by atoms with Gasteiger partial charge in [0.2, 0.25) is 0 Å². The number of nitrogens with two attached hydrogens (primary N) is 1. The van der Waals surface area contributed by atoms with Crippen LogP contribution in [-0.4, -0.2) is 43.8 Å². The number of nitrogens with zero attached hydrogens (tertiary/aromatic N) is 1. The normalized spacial score (nSPS) is 36.3. The maximum atomic E-state index is 5.46. The predicted octanol–water partition coefficient (Wildman–Crippen LogP) is -0.336. The van der Waals surface area contributed by atoms with E-state index in [1.54, 1.807) is 0 Å². The van der Waals surface area contributed by atoms with Gasteiger partial charge in [0.15, 0.2) is 0 Å². The van der Waals surface area contributed by atoms with Crippen LogP contribution in [0.4, 0.5) is 0 Å². The van der Waals surface area contributed by atoms with Gasteiger partial charge < -0.3 is 10.5 Å². The standard InChI is InChI=1S/C7H16N2O/c1-6-5-10-7(3-8)4-9(6)2/h6-7H,3-5,8H2,1-2H3/t6-,7-/m0/s1. The molecular weight excluding hydrogens is 128 g/mol. The number of rotatable bonds is 1. The minimum Gasteiger partial charge on any atom is -0.374 e. The summed E-state index contributed by atoms with van der Waals surface area (Å²) in [6.45, 7) is 4.58. The Hall–Kier alpha value is -0.120. The van der Waals surface area contributed by atoms with Crippen LogP contribution in [0.5, 0.6) is 0 Å². The second kappa shape index (κ2) is 3.32. The van der Waals surface area contributed by atoms with E-state index in [-0.39, 0.29) is 6.10 Å². The monoisotopic (exact) mass is 144 g/mol. The van der Waals surface area contributed by atoms with Gasteiger partial charge in [0, 0.05) is 19.1 Å². The van der Waals surface area contributed by atoms with E-state index < -0.39 is 0 Å². The highest BCUT2D eigenvalue weighted by molar-refractivity contribution is 4.74. The van der Waals surface area contributed by atoms with Crippen LogP contribution in [0, 0.1) is 0 Å². The molecule has 2 atom stereocenters. The lowest BCUT2D eigenvalue weighted by molar-refractivity contribution is -0.0432. The Morgan fingerprint density at radius 2 is 2.40 bits per heavy atom. The molecule has 1 fully saturated rings. The zero-order valence-corrected chi connectivity index (χ0v) is 6.71. The Bertz CT molecular complexity index is 108. The average molecular weight is 144 g/mol. The van der Waals surface area contributed by atoms with Crippen LogP contribution in [0.15, 0.2) is 0 Å². The van der Waals surface area contributed by atoms with E-state index in [9.17, 15) is 0 Å². The lowest BCUT2D eigenvalue weighted by Crippen LogP contribution is -2.48. The van der Waals surface area contributed by atoms with E-state index in [0.29, 0.717) is 12.6 Å². The van der Waals surface area contributed by atoms with Crippen molar-refractivity contribution in [3.63, 3.8) is 0 Å². The molecule has 0 amide bonds. The van der Waals surface area contributed by atoms with Crippen LogP contribution < -0.4 is 5.73 Å². The van der Waals surface area contributed by atoms with Crippen LogP contribution in [0.2, 0.25) is 0 Å². The lowest BCUT2D eigenvalue weighted by atomic mass is 10.2. The number of morpholine rings is 1. The van der Waals surface area contributed by atoms with E-state index in [1.165, 1.54) is 0 Å². The van der Waals surface area contributed by atoms with Crippen molar-refractivity contribution in [1.82, 2.24) is 4.90 Å². The highest BCUT2D eigenvalue weighted by Gasteiger charge is 2.21. The number of hydrogen-bond acceptors (Lipinski definition) is 3. The highest BCUT2D eigenvalue weighted by Crippen LogP contribution is 2.07. The van der Waals surface area contributed by atoms with E-state index in [4.69, 9.17) is 10.5 Å². The van der Waals surface area contributed by atoms with Gasteiger partial charge in [0.1, 0.15) is 0 Å². The Morgan fingerprint density at radius 3 is 2.90 bits per heavy atom. The predicted molar refractivity (Wildman–Crippen MR) is 40.9 cm³/mol. The first-order chi connectivity index (χ1) is 4.74. The van der Waals surface area contributed by atoms with Crippen molar-refractivity contribution in [3.05, 3.63) is 0 Å². The zero-order valence-electron chi connectivity index (χ0n) is 6.71. The van der Waals surface area contributed by atoms with Crippen molar-refractivity contribution in [3.8, 4) is 0 Å². The summed E-state index contributed by atoms with van der Waals surface area (Å²) in [5, 5.41) is 0. The van der Waals surface area contributed by atoms with Gasteiger partial charge >= 0.3 is 0 Å². The number of ether oxygens (including phenoxy) is 1. The quantitative estimate of drug-likeness (QED) is 0.547. The molecule has 1 rings (SSSR count). The molecule has 60 valence electrons. The molecule has 1 saturated heterocycles. The fourth-order valence-electron chi connectivity index (χ4n) is 1.10. The lowest BCUT2D eigenvalue weighted by Gasteiger charge is -2.34. The summed E-state index contributed by atoms with van der Waals surface area (Å²) in [5.74, 6) is 0. The summed E-state index contributed by atoms with van der Waals surface area (Å²) in [7, 11) is 2.11. The van der Waals surface area contributed by atoms with Gasteiger partial charge in [0.25, 0.3) is 0 Å². The van der Waals surface area contributed by atoms with Crippen LogP contribution in [0.3, 0.4) is 0 Å². The first-order valence-electron chi connectivity index (χ1n) is 3.76. The molecule has 0 radical (unpaired) electrons. The van der Waals surface area contributed by atoms with Crippen molar-refractivity contribution >= 4 is 0 Å². The van der Waals surface area contributed by atoms with Crippen LogP contribution in [-0.2, 0) is 4.74 Å². The highest BCUT2D eigenvalue weighted by atomic mass is 16.5. The molecule has 0 spiro atoms. The Balaban J connectivity index is 2.33. The largest absolute Gasteiger partial charge is 0.374 e. The molecule has 1 heterocycles. The molecule has 0 aromatic rings. The molecule has 10 heavy (non-hydrogen) atoms. The van der Waals surface area contributed by atoms with Gasteiger partial charge in [-0.2, -0.15) is 0 Å². The van der Waals surface area contributed by atoms with Gasteiger partial charge in [0.05, 0.1) is 12.7 Å². The Labute approximate surface area is 62.1 Å². The molecular formula is C7H16N2O. The average Bonchev–Trinajstić information content (AvgIpc) is 1.95. The molecule has 1 aliphatic heterocycles. The zero-order chi connectivity index (χ0) is 7.56. The first kappa shape index (κ1) is 7.98. The van der Waals surface area contributed by atoms with Crippen molar-refractivity contribution in [2.24, 2.45) is 5.73 Å². The van der Waals surface area contributed by atoms with Crippen molar-refractivity contribution in [2.45, 2.75) is 19.1 Å². The van der Waals surface area contributed by atoms with Gasteiger partial charge in [-0.25, -0.2) is 0 Å². The fourth-order valence-corrected chi connectivity index (χ4v) is 1.10. The van der Waals surface area contributed by atoms with E-state index in [1.807, 2.05) is 0 Å². The molecule has 0 aromatic heterocycles. The second-order valence-electron chi connectivity index (χ2n) is 2.98.